The SMILES string of the molecule is Cc1cc(NC(=O)N2CCCNCC2)cc(C(=O)O)c1C. The van der Waals surface area contributed by atoms with Gasteiger partial charge >= 0.3 is 12.0 Å². The fourth-order valence-corrected chi connectivity index (χ4v) is 2.41. The third kappa shape index (κ3) is 3.72. The highest BCUT2D eigenvalue weighted by Crippen LogP contribution is 2.20. The number of aromatic carboxylic acids is 1. The number of carboxylic acid groups (broad SMARTS) is 1. The standard InChI is InChI=1S/C15H21N3O3/c1-10-8-12(9-13(11(10)2)14(19)20)17-15(21)18-6-3-4-16-5-7-18/h8-9,16H,3-7H2,1-2H3,(H,17,21)(H,19,20). The fourth-order valence-electron chi connectivity index (χ4n) is 2.41. The summed E-state index contributed by atoms with van der Waals surface area (Å²) in [5.74, 6) is -0.981. The van der Waals surface area contributed by atoms with Crippen LogP contribution in [0.5, 0.6) is 0 Å². The van der Waals surface area contributed by atoms with Gasteiger partial charge in [0.15, 0.2) is 0 Å². The first kappa shape index (κ1) is 15.3. The van der Waals surface area contributed by atoms with E-state index in [2.05, 4.69) is 10.6 Å². The summed E-state index contributed by atoms with van der Waals surface area (Å²) in [7, 11) is 0. The Balaban J connectivity index is 2.15. The molecule has 0 aromatic heterocycles. The molecular weight excluding hydrogens is 270 g/mol. The summed E-state index contributed by atoms with van der Waals surface area (Å²) in [4.78, 5) is 25.2. The first-order valence-corrected chi connectivity index (χ1v) is 7.10. The van der Waals surface area contributed by atoms with Crippen LogP contribution < -0.4 is 10.6 Å². The van der Waals surface area contributed by atoms with Crippen LogP contribution in [0.25, 0.3) is 0 Å². The number of rotatable bonds is 2. The van der Waals surface area contributed by atoms with E-state index in [9.17, 15) is 14.7 Å². The lowest BCUT2D eigenvalue weighted by Gasteiger charge is -2.21. The van der Waals surface area contributed by atoms with Gasteiger partial charge in [-0.15, -0.1) is 0 Å². The molecule has 2 rings (SSSR count). The van der Waals surface area contributed by atoms with E-state index in [1.54, 1.807) is 17.9 Å². The van der Waals surface area contributed by atoms with Gasteiger partial charge < -0.3 is 20.6 Å². The Labute approximate surface area is 124 Å². The van der Waals surface area contributed by atoms with Crippen molar-refractivity contribution in [3.63, 3.8) is 0 Å². The van der Waals surface area contributed by atoms with Gasteiger partial charge in [-0.1, -0.05) is 0 Å². The monoisotopic (exact) mass is 291 g/mol. The molecule has 1 aromatic carbocycles. The smallest absolute Gasteiger partial charge is 0.336 e. The van der Waals surface area contributed by atoms with Crippen LogP contribution in [-0.4, -0.2) is 48.2 Å². The average Bonchev–Trinajstić information content (AvgIpc) is 2.71. The highest BCUT2D eigenvalue weighted by molar-refractivity contribution is 5.94. The van der Waals surface area contributed by atoms with Gasteiger partial charge in [-0.05, 0) is 50.1 Å². The summed E-state index contributed by atoms with van der Waals surface area (Å²) in [5, 5.41) is 15.2. The van der Waals surface area contributed by atoms with Gasteiger partial charge in [0.2, 0.25) is 0 Å². The molecule has 0 spiro atoms. The number of hydrogen-bond donors (Lipinski definition) is 3. The molecule has 1 heterocycles. The zero-order valence-corrected chi connectivity index (χ0v) is 12.4. The van der Waals surface area contributed by atoms with Crippen molar-refractivity contribution < 1.29 is 14.7 Å². The highest BCUT2D eigenvalue weighted by atomic mass is 16.4. The van der Waals surface area contributed by atoms with Gasteiger partial charge in [0.1, 0.15) is 0 Å². The molecule has 1 aliphatic heterocycles. The number of carbonyl (C=O) groups is 2. The van der Waals surface area contributed by atoms with E-state index in [4.69, 9.17) is 0 Å². The van der Waals surface area contributed by atoms with Crippen molar-refractivity contribution in [2.75, 3.05) is 31.5 Å². The van der Waals surface area contributed by atoms with Crippen LogP contribution in [0.1, 0.15) is 27.9 Å². The lowest BCUT2D eigenvalue weighted by molar-refractivity contribution is 0.0696. The van der Waals surface area contributed by atoms with Crippen molar-refractivity contribution in [1.82, 2.24) is 10.2 Å². The van der Waals surface area contributed by atoms with Crippen LogP contribution in [0.3, 0.4) is 0 Å². The molecule has 0 unspecified atom stereocenters. The van der Waals surface area contributed by atoms with Gasteiger partial charge in [-0.2, -0.15) is 0 Å². The first-order chi connectivity index (χ1) is 9.99. The molecule has 114 valence electrons. The molecule has 1 aromatic rings. The Morgan fingerprint density at radius 1 is 1.24 bits per heavy atom. The van der Waals surface area contributed by atoms with Crippen LogP contribution >= 0.6 is 0 Å². The number of anilines is 1. The Hall–Kier alpha value is -2.08. The molecular formula is C15H21N3O3. The number of hydrogen-bond acceptors (Lipinski definition) is 3. The molecule has 2 amide bonds. The fraction of sp³-hybridized carbons (Fsp3) is 0.467. The molecule has 0 bridgehead atoms. The maximum atomic E-state index is 12.2. The number of carbonyl (C=O) groups excluding carboxylic acids is 1. The van der Waals surface area contributed by atoms with Gasteiger partial charge in [0.05, 0.1) is 5.56 Å². The van der Waals surface area contributed by atoms with Crippen molar-refractivity contribution >= 4 is 17.7 Å². The third-order valence-electron chi connectivity index (χ3n) is 3.78. The van der Waals surface area contributed by atoms with Crippen LogP contribution in [-0.2, 0) is 0 Å². The second-order valence-electron chi connectivity index (χ2n) is 5.29. The van der Waals surface area contributed by atoms with E-state index in [1.807, 2.05) is 6.92 Å². The lowest BCUT2D eigenvalue weighted by atomic mass is 10.0. The number of nitrogens with one attached hydrogen (secondary N) is 2. The average molecular weight is 291 g/mol. The number of aryl methyl sites for hydroxylation is 1. The number of nitrogens with zero attached hydrogens (tertiary/aromatic N) is 1. The Bertz CT molecular complexity index is 549. The number of carboxylic acids is 1. The van der Waals surface area contributed by atoms with E-state index in [0.29, 0.717) is 18.8 Å². The molecule has 0 saturated carbocycles. The van der Waals surface area contributed by atoms with Gasteiger partial charge in [0.25, 0.3) is 0 Å². The van der Waals surface area contributed by atoms with Gasteiger partial charge in [-0.3, -0.25) is 0 Å². The summed E-state index contributed by atoms with van der Waals surface area (Å²) < 4.78 is 0. The van der Waals surface area contributed by atoms with E-state index in [-0.39, 0.29) is 11.6 Å². The second kappa shape index (κ2) is 6.58. The quantitative estimate of drug-likeness (QED) is 0.776. The maximum absolute atomic E-state index is 12.2. The third-order valence-corrected chi connectivity index (χ3v) is 3.78. The lowest BCUT2D eigenvalue weighted by Crippen LogP contribution is -2.37. The van der Waals surface area contributed by atoms with Crippen molar-refractivity contribution in [2.24, 2.45) is 0 Å². The van der Waals surface area contributed by atoms with E-state index >= 15 is 0 Å². The second-order valence-corrected chi connectivity index (χ2v) is 5.29. The zero-order chi connectivity index (χ0) is 15.4. The predicted molar refractivity (Wildman–Crippen MR) is 81.0 cm³/mol. The summed E-state index contributed by atoms with van der Waals surface area (Å²) in [6.45, 7) is 6.66. The molecule has 0 aliphatic carbocycles. The molecule has 21 heavy (non-hydrogen) atoms. The number of benzene rings is 1. The Kier molecular flexibility index (Phi) is 4.80. The van der Waals surface area contributed by atoms with E-state index in [1.165, 1.54) is 6.07 Å². The predicted octanol–water partition coefficient (Wildman–Crippen LogP) is 1.83. The van der Waals surface area contributed by atoms with Crippen molar-refractivity contribution in [3.05, 3.63) is 28.8 Å². The van der Waals surface area contributed by atoms with E-state index in [0.717, 1.165) is 30.6 Å². The summed E-state index contributed by atoms with van der Waals surface area (Å²) in [5.41, 5.74) is 2.32. The first-order valence-electron chi connectivity index (χ1n) is 7.10. The van der Waals surface area contributed by atoms with Gasteiger partial charge in [0, 0.05) is 25.3 Å². The largest absolute Gasteiger partial charge is 0.478 e. The zero-order valence-electron chi connectivity index (χ0n) is 12.4. The minimum Gasteiger partial charge on any atom is -0.478 e. The van der Waals surface area contributed by atoms with E-state index < -0.39 is 5.97 Å². The molecule has 1 aliphatic rings. The normalized spacial score (nSPS) is 15.4. The molecule has 6 nitrogen and oxygen atoms in total. The minimum atomic E-state index is -0.981. The Morgan fingerprint density at radius 3 is 2.71 bits per heavy atom. The summed E-state index contributed by atoms with van der Waals surface area (Å²) in [6, 6.07) is 3.13. The van der Waals surface area contributed by atoms with Crippen molar-refractivity contribution in [3.8, 4) is 0 Å². The number of urea groups is 1. The molecule has 0 radical (unpaired) electrons. The topological polar surface area (TPSA) is 81.7 Å². The molecule has 0 atom stereocenters. The number of amides is 2. The van der Waals surface area contributed by atoms with Crippen LogP contribution in [0.15, 0.2) is 12.1 Å². The summed E-state index contributed by atoms with van der Waals surface area (Å²) in [6.07, 6.45) is 0.917. The molecule has 1 fully saturated rings. The van der Waals surface area contributed by atoms with Crippen LogP contribution in [0.2, 0.25) is 0 Å². The molecule has 6 heteroatoms. The van der Waals surface area contributed by atoms with Crippen molar-refractivity contribution in [2.45, 2.75) is 20.3 Å². The van der Waals surface area contributed by atoms with Crippen LogP contribution in [0.4, 0.5) is 10.5 Å². The minimum absolute atomic E-state index is 0.182. The van der Waals surface area contributed by atoms with Gasteiger partial charge in [-0.25, -0.2) is 9.59 Å². The highest BCUT2D eigenvalue weighted by Gasteiger charge is 2.17. The Morgan fingerprint density at radius 2 is 2.00 bits per heavy atom. The maximum Gasteiger partial charge on any atom is 0.336 e. The van der Waals surface area contributed by atoms with Crippen molar-refractivity contribution in [1.29, 1.82) is 0 Å². The van der Waals surface area contributed by atoms with Crippen LogP contribution in [0, 0.1) is 13.8 Å². The molecule has 1 saturated heterocycles. The molecule has 3 N–H and O–H groups in total. The summed E-state index contributed by atoms with van der Waals surface area (Å²) >= 11 is 0.